The van der Waals surface area contributed by atoms with E-state index >= 15 is 0 Å². The van der Waals surface area contributed by atoms with Crippen LogP contribution < -0.4 is 10.6 Å². The van der Waals surface area contributed by atoms with E-state index in [1.54, 1.807) is 6.08 Å². The second-order valence-electron chi connectivity index (χ2n) is 4.29. The third-order valence-corrected chi connectivity index (χ3v) is 2.63. The Morgan fingerprint density at radius 1 is 1.06 bits per heavy atom. The van der Waals surface area contributed by atoms with Gasteiger partial charge in [-0.25, -0.2) is 4.79 Å². The number of carbonyl (C=O) groups is 2. The van der Waals surface area contributed by atoms with E-state index in [-0.39, 0.29) is 11.6 Å². The van der Waals surface area contributed by atoms with Crippen LogP contribution in [-0.4, -0.2) is 11.9 Å². The maximum Gasteiger partial charge on any atom is 0.326 e. The van der Waals surface area contributed by atoms with Gasteiger partial charge in [0.25, 0.3) is 5.91 Å². The van der Waals surface area contributed by atoms with Crippen molar-refractivity contribution in [1.29, 1.82) is 0 Å². The number of carbonyl (C=O) groups excluding carboxylic acids is 2. The van der Waals surface area contributed by atoms with Gasteiger partial charge in [0.1, 0.15) is 5.70 Å². The molecular weight excluding hydrogens is 216 g/mol. The fourth-order valence-electron chi connectivity index (χ4n) is 1.63. The first-order valence-corrected chi connectivity index (χ1v) is 5.50. The number of hydrogen-bond acceptors (Lipinski definition) is 2. The summed E-state index contributed by atoms with van der Waals surface area (Å²) in [6.45, 7) is 4.25. The number of hydrogen-bond donors (Lipinski definition) is 2. The van der Waals surface area contributed by atoms with Crippen LogP contribution >= 0.6 is 0 Å². The van der Waals surface area contributed by atoms with Crippen molar-refractivity contribution >= 4 is 18.0 Å². The number of nitrogens with one attached hydrogen (secondary N) is 2. The summed E-state index contributed by atoms with van der Waals surface area (Å²) in [5, 5.41) is 4.61. The highest BCUT2D eigenvalue weighted by molar-refractivity contribution is 6.13. The van der Waals surface area contributed by atoms with Gasteiger partial charge in [-0.15, -0.1) is 0 Å². The summed E-state index contributed by atoms with van der Waals surface area (Å²) in [5.41, 5.74) is 2.42. The lowest BCUT2D eigenvalue weighted by Gasteiger charge is -2.04. The summed E-state index contributed by atoms with van der Waals surface area (Å²) in [6, 6.07) is 7.43. The van der Waals surface area contributed by atoms with E-state index in [9.17, 15) is 9.59 Å². The lowest BCUT2D eigenvalue weighted by molar-refractivity contribution is -0.115. The molecule has 4 nitrogen and oxygen atoms in total. The van der Waals surface area contributed by atoms with Crippen LogP contribution in [0.1, 0.15) is 30.9 Å². The fraction of sp³-hybridized carbons (Fsp3) is 0.231. The maximum absolute atomic E-state index is 11.3. The minimum absolute atomic E-state index is 0.285. The highest BCUT2D eigenvalue weighted by Crippen LogP contribution is 2.16. The second kappa shape index (κ2) is 4.41. The average molecular weight is 230 g/mol. The molecule has 1 heterocycles. The van der Waals surface area contributed by atoms with Crippen LogP contribution in [0.4, 0.5) is 4.79 Å². The molecule has 3 amide bonds. The molecule has 2 N–H and O–H groups in total. The van der Waals surface area contributed by atoms with Gasteiger partial charge in [-0.1, -0.05) is 38.1 Å². The van der Waals surface area contributed by atoms with E-state index in [0.717, 1.165) is 5.56 Å². The van der Waals surface area contributed by atoms with Crippen LogP contribution in [0.15, 0.2) is 30.0 Å². The van der Waals surface area contributed by atoms with Crippen molar-refractivity contribution in [2.75, 3.05) is 0 Å². The molecule has 0 unspecified atom stereocenters. The number of urea groups is 1. The van der Waals surface area contributed by atoms with Gasteiger partial charge in [0.05, 0.1) is 0 Å². The molecule has 1 aromatic rings. The van der Waals surface area contributed by atoms with E-state index in [1.807, 2.05) is 24.3 Å². The summed E-state index contributed by atoms with van der Waals surface area (Å²) in [7, 11) is 0. The quantitative estimate of drug-likeness (QED) is 0.603. The van der Waals surface area contributed by atoms with Crippen molar-refractivity contribution in [3.63, 3.8) is 0 Å². The molecule has 0 saturated carbocycles. The molecule has 17 heavy (non-hydrogen) atoms. The Morgan fingerprint density at radius 2 is 1.71 bits per heavy atom. The van der Waals surface area contributed by atoms with E-state index in [2.05, 4.69) is 24.5 Å². The number of benzene rings is 1. The number of rotatable bonds is 2. The lowest BCUT2D eigenvalue weighted by Crippen LogP contribution is -2.22. The molecule has 0 spiro atoms. The van der Waals surface area contributed by atoms with Gasteiger partial charge in [-0.05, 0) is 23.1 Å². The minimum atomic E-state index is -0.472. The van der Waals surface area contributed by atoms with Crippen molar-refractivity contribution < 1.29 is 9.59 Å². The van der Waals surface area contributed by atoms with Gasteiger partial charge in [0, 0.05) is 0 Å². The molecule has 1 aromatic carbocycles. The average Bonchev–Trinajstić information content (AvgIpc) is 2.58. The highest BCUT2D eigenvalue weighted by Gasteiger charge is 2.22. The van der Waals surface area contributed by atoms with Gasteiger partial charge in [-0.2, -0.15) is 0 Å². The monoisotopic (exact) mass is 230 g/mol. The SMILES string of the molecule is CC(C)c1ccc(/C=C2/NC(=O)NC2=O)cc1. The summed E-state index contributed by atoms with van der Waals surface area (Å²) in [5.74, 6) is 0.0918. The molecule has 0 bridgehead atoms. The molecule has 4 heteroatoms. The summed E-state index contributed by atoms with van der Waals surface area (Å²) < 4.78 is 0. The second-order valence-corrected chi connectivity index (χ2v) is 4.29. The van der Waals surface area contributed by atoms with Gasteiger partial charge < -0.3 is 5.32 Å². The molecule has 1 aliphatic rings. The Morgan fingerprint density at radius 3 is 2.18 bits per heavy atom. The maximum atomic E-state index is 11.3. The molecule has 0 radical (unpaired) electrons. The van der Waals surface area contributed by atoms with E-state index in [4.69, 9.17) is 0 Å². The van der Waals surface area contributed by atoms with E-state index in [1.165, 1.54) is 5.56 Å². The predicted molar refractivity (Wildman–Crippen MR) is 65.2 cm³/mol. The Kier molecular flexibility index (Phi) is 2.95. The first kappa shape index (κ1) is 11.4. The zero-order valence-electron chi connectivity index (χ0n) is 9.78. The molecule has 1 saturated heterocycles. The molecule has 1 fully saturated rings. The smallest absolute Gasteiger partial charge is 0.303 e. The summed E-state index contributed by atoms with van der Waals surface area (Å²) in [4.78, 5) is 22.2. The Bertz CT molecular complexity index is 487. The molecule has 0 aliphatic carbocycles. The fourth-order valence-corrected chi connectivity index (χ4v) is 1.63. The van der Waals surface area contributed by atoms with E-state index in [0.29, 0.717) is 5.92 Å². The molecule has 0 aromatic heterocycles. The largest absolute Gasteiger partial charge is 0.326 e. The minimum Gasteiger partial charge on any atom is -0.303 e. The van der Waals surface area contributed by atoms with Crippen molar-refractivity contribution in [1.82, 2.24) is 10.6 Å². The molecule has 1 aliphatic heterocycles. The highest BCUT2D eigenvalue weighted by atomic mass is 16.2. The molecule has 88 valence electrons. The normalized spacial score (nSPS) is 17.5. The Labute approximate surface area is 99.7 Å². The van der Waals surface area contributed by atoms with Crippen molar-refractivity contribution in [3.8, 4) is 0 Å². The van der Waals surface area contributed by atoms with Crippen LogP contribution in [0, 0.1) is 0 Å². The predicted octanol–water partition coefficient (Wildman–Crippen LogP) is 1.99. The molecule has 0 atom stereocenters. The first-order chi connectivity index (χ1) is 8.06. The Hall–Kier alpha value is -2.10. The van der Waals surface area contributed by atoms with Crippen LogP contribution in [0.5, 0.6) is 0 Å². The van der Waals surface area contributed by atoms with Gasteiger partial charge >= 0.3 is 6.03 Å². The van der Waals surface area contributed by atoms with Crippen molar-refractivity contribution in [2.45, 2.75) is 19.8 Å². The zero-order chi connectivity index (χ0) is 12.4. The number of amides is 3. The lowest BCUT2D eigenvalue weighted by atomic mass is 10.0. The van der Waals surface area contributed by atoms with Crippen molar-refractivity contribution in [3.05, 3.63) is 41.1 Å². The molecular formula is C13H14N2O2. The van der Waals surface area contributed by atoms with Gasteiger partial charge in [-0.3, -0.25) is 10.1 Å². The summed E-state index contributed by atoms with van der Waals surface area (Å²) in [6.07, 6.45) is 1.66. The van der Waals surface area contributed by atoms with Crippen LogP contribution in [0.3, 0.4) is 0 Å². The summed E-state index contributed by atoms with van der Waals surface area (Å²) >= 11 is 0. The van der Waals surface area contributed by atoms with Crippen molar-refractivity contribution in [2.24, 2.45) is 0 Å². The van der Waals surface area contributed by atoms with E-state index < -0.39 is 6.03 Å². The van der Waals surface area contributed by atoms with Gasteiger partial charge in [0.2, 0.25) is 0 Å². The number of imide groups is 1. The third kappa shape index (κ3) is 2.53. The Balaban J connectivity index is 2.21. The van der Waals surface area contributed by atoms with Crippen LogP contribution in [0.2, 0.25) is 0 Å². The standard InChI is InChI=1S/C13H14N2O2/c1-8(2)10-5-3-9(4-6-10)7-11-12(16)15-13(17)14-11/h3-8H,1-2H3,(H2,14,15,16,17)/b11-7+. The molecule has 2 rings (SSSR count). The first-order valence-electron chi connectivity index (χ1n) is 5.50. The third-order valence-electron chi connectivity index (χ3n) is 2.63. The van der Waals surface area contributed by atoms with Crippen LogP contribution in [-0.2, 0) is 4.79 Å². The van der Waals surface area contributed by atoms with Crippen LogP contribution in [0.25, 0.3) is 6.08 Å². The topological polar surface area (TPSA) is 58.2 Å². The zero-order valence-corrected chi connectivity index (χ0v) is 9.78. The van der Waals surface area contributed by atoms with Gasteiger partial charge in [0.15, 0.2) is 0 Å².